The normalized spacial score (nSPS) is 11.2. The minimum absolute atomic E-state index is 1.05. The van der Waals surface area contributed by atoms with Crippen LogP contribution in [0.2, 0.25) is 0 Å². The second-order valence-electron chi connectivity index (χ2n) is 6.45. The van der Waals surface area contributed by atoms with Gasteiger partial charge in [0, 0.05) is 0 Å². The van der Waals surface area contributed by atoms with E-state index < -0.39 is 0 Å². The molecule has 1 aromatic rings. The molecule has 1 rings (SSSR count). The van der Waals surface area contributed by atoms with E-state index in [0.717, 1.165) is 8.19 Å². The third-order valence-corrected chi connectivity index (χ3v) is 6.22. The van der Waals surface area contributed by atoms with Crippen molar-refractivity contribution < 1.29 is 0 Å². The molecule has 0 aliphatic rings. The van der Waals surface area contributed by atoms with Crippen LogP contribution in [0.3, 0.4) is 0 Å². The van der Waals surface area contributed by atoms with E-state index >= 15 is 0 Å². The van der Waals surface area contributed by atoms with Crippen molar-refractivity contribution in [2.24, 2.45) is 0 Å². The zero-order valence-electron chi connectivity index (χ0n) is 15.0. The van der Waals surface area contributed by atoms with Crippen molar-refractivity contribution in [3.63, 3.8) is 0 Å². The van der Waals surface area contributed by atoms with E-state index in [4.69, 9.17) is 0 Å². The predicted octanol–water partition coefficient (Wildman–Crippen LogP) is 7.09. The molecule has 0 amide bonds. The predicted molar refractivity (Wildman–Crippen MR) is 100 cm³/mol. The SMILES string of the molecule is CCCCc1[pH]c(CCCC)c(CCCC)c1CCCC. The van der Waals surface area contributed by atoms with E-state index in [2.05, 4.69) is 27.7 Å². The van der Waals surface area contributed by atoms with Gasteiger partial charge < -0.3 is 0 Å². The Hall–Kier alpha value is -0.220. The molecule has 0 nitrogen and oxygen atoms in total. The molecule has 0 atom stereocenters. The summed E-state index contributed by atoms with van der Waals surface area (Å²) in [7, 11) is 1.05. The Labute approximate surface area is 135 Å². The van der Waals surface area contributed by atoms with Gasteiger partial charge in [0.1, 0.15) is 0 Å². The number of unbranched alkanes of at least 4 members (excludes halogenated alkanes) is 4. The molecule has 0 aromatic carbocycles. The smallest absolute Gasteiger partial charge is 0.0241 e. The Kier molecular flexibility index (Phi) is 10.2. The Bertz CT molecular complexity index is 341. The van der Waals surface area contributed by atoms with Gasteiger partial charge in [0.05, 0.1) is 0 Å². The molecule has 0 aliphatic heterocycles. The number of hydrogen-bond acceptors (Lipinski definition) is 0. The highest BCUT2D eigenvalue weighted by molar-refractivity contribution is 7.32. The molecule has 0 radical (unpaired) electrons. The summed E-state index contributed by atoms with van der Waals surface area (Å²) in [6.07, 6.45) is 16.3. The van der Waals surface area contributed by atoms with Crippen LogP contribution >= 0.6 is 8.19 Å². The summed E-state index contributed by atoms with van der Waals surface area (Å²) in [5.41, 5.74) is 3.64. The third-order valence-electron chi connectivity index (χ3n) is 4.52. The fourth-order valence-corrected chi connectivity index (χ4v) is 4.96. The van der Waals surface area contributed by atoms with Gasteiger partial charge in [-0.05, 0) is 73.1 Å². The summed E-state index contributed by atoms with van der Waals surface area (Å²) >= 11 is 0. The van der Waals surface area contributed by atoms with E-state index in [1.807, 2.05) is 21.7 Å². The lowest BCUT2D eigenvalue weighted by atomic mass is 9.95. The summed E-state index contributed by atoms with van der Waals surface area (Å²) in [5, 5.41) is 3.70. The minimum Gasteiger partial charge on any atom is -0.133 e. The quantitative estimate of drug-likeness (QED) is 0.386. The van der Waals surface area contributed by atoms with Gasteiger partial charge in [-0.2, -0.15) is 0 Å². The molecule has 0 unspecified atom stereocenters. The van der Waals surface area contributed by atoms with Gasteiger partial charge in [-0.15, -0.1) is 8.19 Å². The van der Waals surface area contributed by atoms with Crippen LogP contribution in [0.1, 0.15) is 101 Å². The van der Waals surface area contributed by atoms with Crippen LogP contribution in [-0.2, 0) is 25.7 Å². The average molecular weight is 308 g/mol. The first-order chi connectivity index (χ1) is 10.3. The lowest BCUT2D eigenvalue weighted by molar-refractivity contribution is 0.735. The topological polar surface area (TPSA) is 0 Å². The molecule has 1 aromatic heterocycles. The minimum atomic E-state index is 1.05. The standard InChI is InChI=1S/C20H37P/c1-5-9-13-17-18(14-10-6-2)20(16-12-8-4)21-19(17)15-11-7-3/h21H,5-16H2,1-4H3. The summed E-state index contributed by atoms with van der Waals surface area (Å²) in [6, 6.07) is 0. The van der Waals surface area contributed by atoms with E-state index in [1.165, 1.54) is 77.0 Å². The molecule has 21 heavy (non-hydrogen) atoms. The number of rotatable bonds is 12. The Balaban J connectivity index is 2.99. The van der Waals surface area contributed by atoms with Crippen molar-refractivity contribution in [2.75, 3.05) is 0 Å². The first-order valence-corrected chi connectivity index (χ1v) is 10.5. The maximum Gasteiger partial charge on any atom is -0.0241 e. The monoisotopic (exact) mass is 308 g/mol. The molecule has 1 heterocycles. The van der Waals surface area contributed by atoms with Gasteiger partial charge in [0.2, 0.25) is 0 Å². The van der Waals surface area contributed by atoms with E-state index in [1.54, 1.807) is 0 Å². The lowest BCUT2D eigenvalue weighted by Gasteiger charge is -2.09. The molecule has 0 saturated heterocycles. The average Bonchev–Trinajstić information content (AvgIpc) is 2.83. The van der Waals surface area contributed by atoms with Crippen molar-refractivity contribution >= 4 is 8.19 Å². The summed E-state index contributed by atoms with van der Waals surface area (Å²) in [6.45, 7) is 9.31. The molecule has 0 saturated carbocycles. The lowest BCUT2D eigenvalue weighted by Crippen LogP contribution is -1.98. The van der Waals surface area contributed by atoms with E-state index in [-0.39, 0.29) is 0 Å². The van der Waals surface area contributed by atoms with Gasteiger partial charge in [0.25, 0.3) is 0 Å². The second-order valence-corrected chi connectivity index (χ2v) is 7.91. The molecule has 122 valence electrons. The summed E-state index contributed by atoms with van der Waals surface area (Å²) < 4.78 is 0. The molecule has 0 N–H and O–H groups in total. The van der Waals surface area contributed by atoms with Gasteiger partial charge in [-0.3, -0.25) is 0 Å². The van der Waals surface area contributed by atoms with Gasteiger partial charge in [-0.25, -0.2) is 0 Å². The van der Waals surface area contributed by atoms with Crippen LogP contribution in [0.4, 0.5) is 0 Å². The van der Waals surface area contributed by atoms with Gasteiger partial charge >= 0.3 is 0 Å². The second kappa shape index (κ2) is 11.4. The molecule has 0 bridgehead atoms. The fourth-order valence-electron chi connectivity index (χ4n) is 3.14. The summed E-state index contributed by atoms with van der Waals surface area (Å²) in [4.78, 5) is 0. The first-order valence-electron chi connectivity index (χ1n) is 9.49. The largest absolute Gasteiger partial charge is 0.133 e. The molecular formula is C20H37P. The summed E-state index contributed by atoms with van der Waals surface area (Å²) in [5.74, 6) is 0. The molecule has 0 aliphatic carbocycles. The van der Waals surface area contributed by atoms with Gasteiger partial charge in [0.15, 0.2) is 0 Å². The van der Waals surface area contributed by atoms with Crippen LogP contribution in [0.25, 0.3) is 0 Å². The van der Waals surface area contributed by atoms with E-state index in [9.17, 15) is 0 Å². The van der Waals surface area contributed by atoms with Crippen LogP contribution in [0.15, 0.2) is 0 Å². The zero-order chi connectivity index (χ0) is 15.5. The van der Waals surface area contributed by atoms with Crippen molar-refractivity contribution in [1.29, 1.82) is 0 Å². The Morgan fingerprint density at radius 3 is 1.19 bits per heavy atom. The zero-order valence-corrected chi connectivity index (χ0v) is 16.0. The number of aryl methyl sites for hydroxylation is 2. The van der Waals surface area contributed by atoms with E-state index in [0.29, 0.717) is 0 Å². The van der Waals surface area contributed by atoms with Crippen LogP contribution in [0.5, 0.6) is 0 Å². The Morgan fingerprint density at radius 1 is 0.524 bits per heavy atom. The maximum atomic E-state index is 2.33. The number of hydrogen-bond donors (Lipinski definition) is 0. The van der Waals surface area contributed by atoms with Crippen LogP contribution in [-0.4, -0.2) is 0 Å². The third kappa shape index (κ3) is 6.19. The fraction of sp³-hybridized carbons (Fsp3) is 0.800. The van der Waals surface area contributed by atoms with Crippen molar-refractivity contribution in [2.45, 2.75) is 105 Å². The molecular weight excluding hydrogens is 271 g/mol. The Morgan fingerprint density at radius 2 is 0.857 bits per heavy atom. The molecule has 0 spiro atoms. The highest BCUT2D eigenvalue weighted by atomic mass is 31.0. The van der Waals surface area contributed by atoms with Crippen molar-refractivity contribution in [1.82, 2.24) is 0 Å². The highest BCUT2D eigenvalue weighted by Gasteiger charge is 2.15. The van der Waals surface area contributed by atoms with Crippen LogP contribution < -0.4 is 0 Å². The van der Waals surface area contributed by atoms with Gasteiger partial charge in [-0.1, -0.05) is 53.4 Å². The van der Waals surface area contributed by atoms with Crippen LogP contribution in [0, 0.1) is 0 Å². The highest BCUT2D eigenvalue weighted by Crippen LogP contribution is 2.37. The first kappa shape index (κ1) is 18.8. The van der Waals surface area contributed by atoms with Crippen molar-refractivity contribution in [3.05, 3.63) is 21.7 Å². The molecule has 0 fully saturated rings. The van der Waals surface area contributed by atoms with Crippen molar-refractivity contribution in [3.8, 4) is 0 Å². The molecule has 1 heteroatoms. The maximum absolute atomic E-state index is 2.33.